The number of fused-ring (bicyclic) bond motifs is 2. The van der Waals surface area contributed by atoms with Crippen LogP contribution in [0.1, 0.15) is 22.6 Å². The summed E-state index contributed by atoms with van der Waals surface area (Å²) in [5.74, 6) is 0.711. The van der Waals surface area contributed by atoms with Gasteiger partial charge in [-0.15, -0.1) is 0 Å². The summed E-state index contributed by atoms with van der Waals surface area (Å²) < 4.78 is 0. The topological polar surface area (TPSA) is 39.3 Å². The van der Waals surface area contributed by atoms with E-state index in [1.165, 1.54) is 27.6 Å². The molecule has 3 aromatic rings. The van der Waals surface area contributed by atoms with Gasteiger partial charge in [0.25, 0.3) is 0 Å². The number of hydrogen-bond donors (Lipinski definition) is 2. The van der Waals surface area contributed by atoms with Crippen molar-refractivity contribution in [3.8, 4) is 5.75 Å². The summed E-state index contributed by atoms with van der Waals surface area (Å²) in [5.41, 5.74) is 5.07. The summed E-state index contributed by atoms with van der Waals surface area (Å²) in [4.78, 5) is 5.55. The maximum Gasteiger partial charge on any atom is 0.115 e. The Bertz CT molecular complexity index is 806. The van der Waals surface area contributed by atoms with Crippen LogP contribution in [-0.4, -0.2) is 28.6 Å². The van der Waals surface area contributed by atoms with Crippen LogP contribution in [0.5, 0.6) is 5.75 Å². The molecule has 0 aliphatic carbocycles. The van der Waals surface area contributed by atoms with E-state index in [1.807, 2.05) is 12.3 Å². The summed E-state index contributed by atoms with van der Waals surface area (Å²) in [7, 11) is 2.13. The van der Waals surface area contributed by atoms with E-state index < -0.39 is 0 Å². The van der Waals surface area contributed by atoms with Gasteiger partial charge in [-0.25, -0.2) is 0 Å². The molecule has 3 nitrogen and oxygen atoms in total. The number of benzene rings is 2. The van der Waals surface area contributed by atoms with Crippen molar-refractivity contribution in [1.82, 2.24) is 9.88 Å². The number of H-pyrrole nitrogens is 1. The van der Waals surface area contributed by atoms with Crippen molar-refractivity contribution in [3.63, 3.8) is 0 Å². The molecule has 0 amide bonds. The molecule has 2 heterocycles. The maximum atomic E-state index is 9.72. The number of aromatic nitrogens is 1. The molecule has 1 aliphatic heterocycles. The molecule has 0 fully saturated rings. The van der Waals surface area contributed by atoms with Crippen LogP contribution in [0.15, 0.2) is 48.7 Å². The van der Waals surface area contributed by atoms with Crippen molar-refractivity contribution < 1.29 is 5.11 Å². The predicted octanol–water partition coefficient (Wildman–Crippen LogP) is 3.45. The average Bonchev–Trinajstić information content (AvgIpc) is 2.93. The highest BCUT2D eigenvalue weighted by Crippen LogP contribution is 2.35. The number of nitrogens with zero attached hydrogens (tertiary/aromatic N) is 1. The maximum absolute atomic E-state index is 9.72. The van der Waals surface area contributed by atoms with E-state index in [2.05, 4.69) is 47.3 Å². The van der Waals surface area contributed by atoms with E-state index in [9.17, 15) is 5.11 Å². The molecule has 2 N–H and O–H groups in total. The van der Waals surface area contributed by atoms with Crippen molar-refractivity contribution in [1.29, 1.82) is 0 Å². The van der Waals surface area contributed by atoms with E-state index in [1.54, 1.807) is 6.07 Å². The number of phenolic OH excluding ortho intramolecular Hbond substituents is 1. The first kappa shape index (κ1) is 12.5. The number of nitrogens with one attached hydrogen (secondary N) is 1. The van der Waals surface area contributed by atoms with E-state index in [0.717, 1.165) is 13.1 Å². The number of hydrogen-bond acceptors (Lipinski definition) is 2. The zero-order chi connectivity index (χ0) is 14.4. The standard InChI is InChI=1S/C18H18N2O/c1-20-10-14-9-15(21)3-4-16(14)17(11-20)12-2-5-18-13(8-12)6-7-19-18/h2-9,17,19,21H,10-11H2,1H3. The van der Waals surface area contributed by atoms with Crippen molar-refractivity contribution >= 4 is 10.9 Å². The molecule has 1 atom stereocenters. The van der Waals surface area contributed by atoms with Gasteiger partial charge >= 0.3 is 0 Å². The minimum absolute atomic E-state index is 0.351. The van der Waals surface area contributed by atoms with Crippen LogP contribution in [0, 0.1) is 0 Å². The zero-order valence-electron chi connectivity index (χ0n) is 12.0. The van der Waals surface area contributed by atoms with Crippen LogP contribution in [0.25, 0.3) is 10.9 Å². The van der Waals surface area contributed by atoms with E-state index >= 15 is 0 Å². The molecule has 1 aromatic heterocycles. The predicted molar refractivity (Wildman–Crippen MR) is 84.6 cm³/mol. The summed E-state index contributed by atoms with van der Waals surface area (Å²) in [5, 5.41) is 11.0. The van der Waals surface area contributed by atoms with Crippen LogP contribution < -0.4 is 0 Å². The first-order valence-corrected chi connectivity index (χ1v) is 7.28. The molecule has 3 heteroatoms. The number of phenols is 1. The second-order valence-corrected chi connectivity index (χ2v) is 5.96. The van der Waals surface area contributed by atoms with Gasteiger partial charge in [-0.3, -0.25) is 0 Å². The van der Waals surface area contributed by atoms with Gasteiger partial charge in [-0.2, -0.15) is 0 Å². The average molecular weight is 278 g/mol. The van der Waals surface area contributed by atoms with Crippen molar-refractivity contribution in [2.45, 2.75) is 12.5 Å². The third-order valence-corrected chi connectivity index (χ3v) is 4.42. The minimum Gasteiger partial charge on any atom is -0.508 e. The molecule has 0 spiro atoms. The van der Waals surface area contributed by atoms with Crippen molar-refractivity contribution in [2.75, 3.05) is 13.6 Å². The Kier molecular flexibility index (Phi) is 2.76. The first-order chi connectivity index (χ1) is 10.2. The monoisotopic (exact) mass is 278 g/mol. The lowest BCUT2D eigenvalue weighted by molar-refractivity contribution is 0.294. The van der Waals surface area contributed by atoms with Gasteiger partial charge < -0.3 is 15.0 Å². The molecule has 0 saturated carbocycles. The number of likely N-dealkylation sites (N-methyl/N-ethyl adjacent to an activating group) is 1. The lowest BCUT2D eigenvalue weighted by atomic mass is 9.84. The molecule has 1 unspecified atom stereocenters. The molecule has 4 rings (SSSR count). The van der Waals surface area contributed by atoms with E-state index in [4.69, 9.17) is 0 Å². The lowest BCUT2D eigenvalue weighted by Crippen LogP contribution is -2.30. The lowest BCUT2D eigenvalue weighted by Gasteiger charge is -2.32. The summed E-state index contributed by atoms with van der Waals surface area (Å²) >= 11 is 0. The van der Waals surface area contributed by atoms with Gasteiger partial charge in [0.15, 0.2) is 0 Å². The third kappa shape index (κ3) is 2.10. The number of aromatic amines is 1. The Morgan fingerprint density at radius 2 is 2.05 bits per heavy atom. The summed E-state index contributed by atoms with van der Waals surface area (Å²) in [6, 6.07) is 14.5. The number of aromatic hydroxyl groups is 1. The van der Waals surface area contributed by atoms with Gasteiger partial charge in [0.2, 0.25) is 0 Å². The van der Waals surface area contributed by atoms with E-state index in [-0.39, 0.29) is 0 Å². The Hall–Kier alpha value is -2.26. The van der Waals surface area contributed by atoms with Gasteiger partial charge in [-0.05, 0) is 59.5 Å². The molecule has 0 bridgehead atoms. The van der Waals surface area contributed by atoms with Crippen LogP contribution in [0.4, 0.5) is 0 Å². The van der Waals surface area contributed by atoms with Gasteiger partial charge in [-0.1, -0.05) is 12.1 Å². The van der Waals surface area contributed by atoms with Gasteiger partial charge in [0.05, 0.1) is 0 Å². The molecule has 2 aromatic carbocycles. The Balaban J connectivity index is 1.84. The molecule has 106 valence electrons. The molecule has 0 radical (unpaired) electrons. The summed E-state index contributed by atoms with van der Waals surface area (Å²) in [6.45, 7) is 1.90. The molecule has 21 heavy (non-hydrogen) atoms. The fourth-order valence-electron chi connectivity index (χ4n) is 3.41. The van der Waals surface area contributed by atoms with Crippen LogP contribution >= 0.6 is 0 Å². The second-order valence-electron chi connectivity index (χ2n) is 5.96. The highest BCUT2D eigenvalue weighted by molar-refractivity contribution is 5.80. The highest BCUT2D eigenvalue weighted by atomic mass is 16.3. The zero-order valence-corrected chi connectivity index (χ0v) is 12.0. The normalized spacial score (nSPS) is 18.8. The minimum atomic E-state index is 0.351. The van der Waals surface area contributed by atoms with Gasteiger partial charge in [0, 0.05) is 30.7 Å². The fraction of sp³-hybridized carbons (Fsp3) is 0.222. The van der Waals surface area contributed by atoms with Crippen LogP contribution in [-0.2, 0) is 6.54 Å². The molecule has 1 aliphatic rings. The van der Waals surface area contributed by atoms with Crippen molar-refractivity contribution in [3.05, 3.63) is 65.4 Å². The fourth-order valence-corrected chi connectivity index (χ4v) is 3.41. The Morgan fingerprint density at radius 1 is 1.14 bits per heavy atom. The molecule has 0 saturated heterocycles. The summed E-state index contributed by atoms with van der Waals surface area (Å²) in [6.07, 6.45) is 1.98. The van der Waals surface area contributed by atoms with Gasteiger partial charge in [0.1, 0.15) is 5.75 Å². The van der Waals surface area contributed by atoms with Crippen LogP contribution in [0.2, 0.25) is 0 Å². The Morgan fingerprint density at radius 3 is 2.95 bits per heavy atom. The smallest absolute Gasteiger partial charge is 0.115 e. The first-order valence-electron chi connectivity index (χ1n) is 7.28. The van der Waals surface area contributed by atoms with E-state index in [0.29, 0.717) is 11.7 Å². The van der Waals surface area contributed by atoms with Crippen LogP contribution in [0.3, 0.4) is 0 Å². The van der Waals surface area contributed by atoms with Crippen molar-refractivity contribution in [2.24, 2.45) is 0 Å². The number of rotatable bonds is 1. The molecular formula is C18H18N2O. The SMILES string of the molecule is CN1Cc2cc(O)ccc2C(c2ccc3[nH]ccc3c2)C1. The third-order valence-electron chi connectivity index (χ3n) is 4.42. The Labute approximate surface area is 123 Å². The molecular weight excluding hydrogens is 260 g/mol. The second kappa shape index (κ2) is 4.64. The largest absolute Gasteiger partial charge is 0.508 e. The highest BCUT2D eigenvalue weighted by Gasteiger charge is 2.25. The quantitative estimate of drug-likeness (QED) is 0.715.